The molecule has 6 nitrogen and oxygen atoms in total. The molecule has 8 heteroatoms. The number of amides is 2. The van der Waals surface area contributed by atoms with Crippen molar-refractivity contribution in [2.24, 2.45) is 5.10 Å². The Morgan fingerprint density at radius 3 is 2.56 bits per heavy atom. The molecule has 0 spiro atoms. The molecule has 2 rings (SSSR count). The van der Waals surface area contributed by atoms with Gasteiger partial charge < -0.3 is 10.1 Å². The Hall–Kier alpha value is -2.83. The summed E-state index contributed by atoms with van der Waals surface area (Å²) in [6, 6.07) is 12.1. The normalized spacial score (nSPS) is 10.9. The lowest BCUT2D eigenvalue weighted by atomic mass is 10.2. The fourth-order valence-electron chi connectivity index (χ4n) is 1.93. The van der Waals surface area contributed by atoms with Crippen molar-refractivity contribution in [2.75, 3.05) is 13.7 Å². The molecular weight excluding hydrogens is 389 g/mol. The van der Waals surface area contributed by atoms with Crippen LogP contribution >= 0.6 is 23.2 Å². The van der Waals surface area contributed by atoms with Crippen LogP contribution in [-0.4, -0.2) is 31.7 Å². The van der Waals surface area contributed by atoms with Gasteiger partial charge in [-0.3, -0.25) is 9.59 Å². The first kappa shape index (κ1) is 20.5. The van der Waals surface area contributed by atoms with E-state index < -0.39 is 11.8 Å². The predicted molar refractivity (Wildman–Crippen MR) is 107 cm³/mol. The van der Waals surface area contributed by atoms with Gasteiger partial charge in [-0.05, 0) is 35.9 Å². The minimum atomic E-state index is -0.470. The topological polar surface area (TPSA) is 79.8 Å². The maximum Gasteiger partial charge on any atom is 0.259 e. The Bertz CT molecular complexity index is 865. The molecule has 2 N–H and O–H groups in total. The van der Waals surface area contributed by atoms with E-state index in [0.29, 0.717) is 15.6 Å². The van der Waals surface area contributed by atoms with E-state index in [1.165, 1.54) is 12.3 Å². The highest BCUT2D eigenvalue weighted by atomic mass is 35.5. The number of benzene rings is 2. The Kier molecular flexibility index (Phi) is 7.85. The largest absolute Gasteiger partial charge is 0.497 e. The monoisotopic (exact) mass is 405 g/mol. The van der Waals surface area contributed by atoms with E-state index in [4.69, 9.17) is 27.9 Å². The molecule has 0 atom stereocenters. The minimum Gasteiger partial charge on any atom is -0.497 e. The number of carbonyl (C=O) groups is 2. The van der Waals surface area contributed by atoms with Crippen molar-refractivity contribution in [1.82, 2.24) is 10.7 Å². The number of halogens is 2. The van der Waals surface area contributed by atoms with Gasteiger partial charge in [0.25, 0.3) is 5.91 Å². The zero-order chi connectivity index (χ0) is 19.6. The van der Waals surface area contributed by atoms with Gasteiger partial charge in [0.15, 0.2) is 0 Å². The zero-order valence-corrected chi connectivity index (χ0v) is 15.9. The number of carbonyl (C=O) groups excluding carboxylic acids is 2. The standard InChI is InChI=1S/C19H17Cl2N3O3/c1-27-16-7-2-13(3-8-16)4-9-18(25)22-12-19(26)24-23-11-14-5-6-15(20)10-17(14)21/h2-11H,12H2,1H3,(H,22,25)(H,24,26)/b9-4+,23-11+. The van der Waals surface area contributed by atoms with Crippen LogP contribution in [0.25, 0.3) is 6.08 Å². The van der Waals surface area contributed by atoms with Crippen LogP contribution in [0.2, 0.25) is 10.0 Å². The molecular formula is C19H17Cl2N3O3. The lowest BCUT2D eigenvalue weighted by Crippen LogP contribution is -2.34. The van der Waals surface area contributed by atoms with Crippen LogP contribution in [0.4, 0.5) is 0 Å². The molecule has 0 fully saturated rings. The van der Waals surface area contributed by atoms with Crippen molar-refractivity contribution < 1.29 is 14.3 Å². The molecule has 2 aromatic carbocycles. The fraction of sp³-hybridized carbons (Fsp3) is 0.105. The molecule has 0 heterocycles. The SMILES string of the molecule is COc1ccc(/C=C/C(=O)NCC(=O)N/N=C/c2ccc(Cl)cc2Cl)cc1. The number of hydrazone groups is 1. The number of rotatable bonds is 7. The fourth-order valence-corrected chi connectivity index (χ4v) is 2.39. The highest BCUT2D eigenvalue weighted by Gasteiger charge is 2.02. The lowest BCUT2D eigenvalue weighted by molar-refractivity contribution is -0.123. The smallest absolute Gasteiger partial charge is 0.259 e. The molecule has 0 aliphatic rings. The lowest BCUT2D eigenvalue weighted by Gasteiger charge is -2.02. The maximum absolute atomic E-state index is 11.7. The summed E-state index contributed by atoms with van der Waals surface area (Å²) < 4.78 is 5.06. The zero-order valence-electron chi connectivity index (χ0n) is 14.4. The van der Waals surface area contributed by atoms with E-state index in [1.54, 1.807) is 43.5 Å². The van der Waals surface area contributed by atoms with Gasteiger partial charge in [-0.25, -0.2) is 5.43 Å². The third-order valence-electron chi connectivity index (χ3n) is 3.32. The third-order valence-corrected chi connectivity index (χ3v) is 3.88. The molecule has 0 aliphatic carbocycles. The maximum atomic E-state index is 11.7. The minimum absolute atomic E-state index is 0.211. The number of nitrogens with zero attached hydrogens (tertiary/aromatic N) is 1. The van der Waals surface area contributed by atoms with Crippen LogP contribution < -0.4 is 15.5 Å². The quantitative estimate of drug-likeness (QED) is 0.421. The van der Waals surface area contributed by atoms with Crippen LogP contribution in [-0.2, 0) is 9.59 Å². The molecule has 2 amide bonds. The molecule has 0 saturated heterocycles. The van der Waals surface area contributed by atoms with Crippen LogP contribution in [0.5, 0.6) is 5.75 Å². The summed E-state index contributed by atoms with van der Waals surface area (Å²) in [5.41, 5.74) is 3.74. The number of nitrogens with one attached hydrogen (secondary N) is 2. The van der Waals surface area contributed by atoms with Gasteiger partial charge in [-0.2, -0.15) is 5.10 Å². The Morgan fingerprint density at radius 2 is 1.89 bits per heavy atom. The van der Waals surface area contributed by atoms with Crippen molar-refractivity contribution in [3.05, 3.63) is 69.7 Å². The van der Waals surface area contributed by atoms with Gasteiger partial charge in [0.1, 0.15) is 5.75 Å². The number of hydrogen-bond acceptors (Lipinski definition) is 4. The molecule has 0 radical (unpaired) electrons. The number of methoxy groups -OCH3 is 1. The molecule has 0 bridgehead atoms. The Balaban J connectivity index is 1.76. The van der Waals surface area contributed by atoms with E-state index in [0.717, 1.165) is 11.3 Å². The summed E-state index contributed by atoms with van der Waals surface area (Å²) in [7, 11) is 1.58. The van der Waals surface area contributed by atoms with Gasteiger partial charge in [0, 0.05) is 16.7 Å². The summed E-state index contributed by atoms with van der Waals surface area (Å²) in [4.78, 5) is 23.4. The van der Waals surface area contributed by atoms with E-state index >= 15 is 0 Å². The van der Waals surface area contributed by atoms with Crippen molar-refractivity contribution in [3.8, 4) is 5.75 Å². The van der Waals surface area contributed by atoms with Gasteiger partial charge >= 0.3 is 0 Å². The second-order valence-electron chi connectivity index (χ2n) is 5.28. The highest BCUT2D eigenvalue weighted by Crippen LogP contribution is 2.19. The number of ether oxygens (including phenoxy) is 1. The van der Waals surface area contributed by atoms with E-state index in [2.05, 4.69) is 15.8 Å². The molecule has 0 aliphatic heterocycles. The first-order valence-corrected chi connectivity index (χ1v) is 8.60. The Morgan fingerprint density at radius 1 is 1.15 bits per heavy atom. The van der Waals surface area contributed by atoms with Crippen LogP contribution in [0.1, 0.15) is 11.1 Å². The van der Waals surface area contributed by atoms with E-state index in [-0.39, 0.29) is 6.54 Å². The van der Waals surface area contributed by atoms with Crippen molar-refractivity contribution >= 4 is 47.3 Å². The molecule has 27 heavy (non-hydrogen) atoms. The van der Waals surface area contributed by atoms with Gasteiger partial charge in [-0.15, -0.1) is 0 Å². The van der Waals surface area contributed by atoms with Gasteiger partial charge in [0.05, 0.1) is 24.9 Å². The van der Waals surface area contributed by atoms with Crippen LogP contribution in [0.15, 0.2) is 53.6 Å². The van der Waals surface area contributed by atoms with E-state index in [1.807, 2.05) is 12.1 Å². The molecule has 0 saturated carbocycles. The predicted octanol–water partition coefficient (Wildman–Crippen LogP) is 3.28. The van der Waals surface area contributed by atoms with Gasteiger partial charge in [-0.1, -0.05) is 41.4 Å². The van der Waals surface area contributed by atoms with Crippen molar-refractivity contribution in [2.45, 2.75) is 0 Å². The first-order chi connectivity index (χ1) is 13.0. The highest BCUT2D eigenvalue weighted by molar-refractivity contribution is 6.36. The molecule has 0 aromatic heterocycles. The second kappa shape index (κ2) is 10.4. The summed E-state index contributed by atoms with van der Waals surface area (Å²) in [6.45, 7) is -0.211. The van der Waals surface area contributed by atoms with E-state index in [9.17, 15) is 9.59 Å². The average Bonchev–Trinajstić information content (AvgIpc) is 2.67. The summed E-state index contributed by atoms with van der Waals surface area (Å²) in [5, 5.41) is 7.17. The van der Waals surface area contributed by atoms with Crippen molar-refractivity contribution in [3.63, 3.8) is 0 Å². The van der Waals surface area contributed by atoms with Crippen molar-refractivity contribution in [1.29, 1.82) is 0 Å². The first-order valence-electron chi connectivity index (χ1n) is 7.85. The third kappa shape index (κ3) is 7.13. The summed E-state index contributed by atoms with van der Waals surface area (Å²) >= 11 is 11.8. The number of hydrogen-bond donors (Lipinski definition) is 2. The molecule has 0 unspecified atom stereocenters. The average molecular weight is 406 g/mol. The summed E-state index contributed by atoms with van der Waals surface area (Å²) in [6.07, 6.45) is 4.36. The summed E-state index contributed by atoms with van der Waals surface area (Å²) in [5.74, 6) is -0.137. The molecule has 140 valence electrons. The second-order valence-corrected chi connectivity index (χ2v) is 6.13. The van der Waals surface area contributed by atoms with Crippen LogP contribution in [0, 0.1) is 0 Å². The van der Waals surface area contributed by atoms with Crippen LogP contribution in [0.3, 0.4) is 0 Å². The Labute approximate surface area is 166 Å². The van der Waals surface area contributed by atoms with Gasteiger partial charge in [0.2, 0.25) is 5.91 Å². The molecule has 2 aromatic rings.